The Morgan fingerprint density at radius 2 is 1.63 bits per heavy atom. The van der Waals surface area contributed by atoms with Gasteiger partial charge in [0.2, 0.25) is 5.88 Å². The molecule has 0 atom stereocenters. The number of pyridine rings is 1. The summed E-state index contributed by atoms with van der Waals surface area (Å²) in [6.07, 6.45) is 3.09. The molecule has 43 heavy (non-hydrogen) atoms. The number of piperidine rings is 1. The summed E-state index contributed by atoms with van der Waals surface area (Å²) in [5.74, 6) is 0.851. The normalized spacial score (nSPS) is 17.4. The number of methoxy groups -OCH3 is 1. The number of benzene rings is 1. The maximum atomic E-state index is 13.3. The number of fused-ring (bicyclic) bond motifs is 1. The third kappa shape index (κ3) is 6.80. The number of nitrogens with zero attached hydrogens (tertiary/aromatic N) is 7. The maximum Gasteiger partial charge on any atom is 0.416 e. The van der Waals surface area contributed by atoms with E-state index >= 15 is 0 Å². The van der Waals surface area contributed by atoms with Crippen molar-refractivity contribution in [3.8, 4) is 5.88 Å². The lowest BCUT2D eigenvalue weighted by atomic mass is 9.90. The van der Waals surface area contributed by atoms with E-state index in [2.05, 4.69) is 37.0 Å². The first-order chi connectivity index (χ1) is 20.7. The minimum atomic E-state index is -4.34. The molecule has 1 aromatic carbocycles. The van der Waals surface area contributed by atoms with E-state index in [0.29, 0.717) is 50.2 Å². The SMILES string of the molecule is COc1cnc(CN2CCC(c3ccn4nc(C(=O)N5CCN(Cc6ccc(C(F)(F)F)cc6)CC5)cc4c3)CC2)cn1. The topological polar surface area (TPSA) is 79.1 Å². The molecule has 9 nitrogen and oxygen atoms in total. The van der Waals surface area contributed by atoms with E-state index in [9.17, 15) is 18.0 Å². The van der Waals surface area contributed by atoms with Gasteiger partial charge in [-0.25, -0.2) is 9.50 Å². The molecule has 0 spiro atoms. The Balaban J connectivity index is 1.01. The second kappa shape index (κ2) is 12.3. The lowest BCUT2D eigenvalue weighted by Crippen LogP contribution is -2.48. The molecule has 0 radical (unpaired) electrons. The van der Waals surface area contributed by atoms with Crippen LogP contribution in [0.15, 0.2) is 61.1 Å². The average molecular weight is 594 g/mol. The van der Waals surface area contributed by atoms with Crippen LogP contribution in [0.1, 0.15) is 51.6 Å². The molecule has 0 saturated carbocycles. The maximum absolute atomic E-state index is 13.3. The van der Waals surface area contributed by atoms with Crippen LogP contribution in [0.3, 0.4) is 0 Å². The summed E-state index contributed by atoms with van der Waals surface area (Å²) in [7, 11) is 1.58. The third-order valence-electron chi connectivity index (χ3n) is 8.39. The highest BCUT2D eigenvalue weighted by molar-refractivity contribution is 5.93. The Bertz CT molecular complexity index is 1540. The summed E-state index contributed by atoms with van der Waals surface area (Å²) in [4.78, 5) is 28.3. The van der Waals surface area contributed by atoms with Crippen LogP contribution in [0.5, 0.6) is 5.88 Å². The van der Waals surface area contributed by atoms with Gasteiger partial charge >= 0.3 is 6.18 Å². The molecule has 2 saturated heterocycles. The number of likely N-dealkylation sites (tertiary alicyclic amines) is 1. The number of rotatable bonds is 7. The Labute approximate surface area is 247 Å². The van der Waals surface area contributed by atoms with Crippen LogP contribution in [0.25, 0.3) is 5.52 Å². The van der Waals surface area contributed by atoms with Crippen LogP contribution < -0.4 is 4.74 Å². The summed E-state index contributed by atoms with van der Waals surface area (Å²) in [5.41, 5.74) is 3.68. The van der Waals surface area contributed by atoms with E-state index in [-0.39, 0.29) is 5.91 Å². The van der Waals surface area contributed by atoms with Gasteiger partial charge in [0, 0.05) is 45.5 Å². The summed E-state index contributed by atoms with van der Waals surface area (Å²) < 4.78 is 45.4. The van der Waals surface area contributed by atoms with Crippen LogP contribution in [0.2, 0.25) is 0 Å². The van der Waals surface area contributed by atoms with Crippen LogP contribution in [0.4, 0.5) is 13.2 Å². The molecule has 226 valence electrons. The molecule has 1 amide bonds. The quantitative estimate of drug-likeness (QED) is 0.313. The molecular weight excluding hydrogens is 559 g/mol. The van der Waals surface area contributed by atoms with Crippen molar-refractivity contribution in [2.75, 3.05) is 46.4 Å². The van der Waals surface area contributed by atoms with Gasteiger partial charge in [0.1, 0.15) is 0 Å². The molecule has 0 bridgehead atoms. The van der Waals surface area contributed by atoms with Crippen molar-refractivity contribution in [3.05, 3.63) is 89.1 Å². The van der Waals surface area contributed by atoms with Gasteiger partial charge in [-0.05, 0) is 73.3 Å². The smallest absolute Gasteiger partial charge is 0.416 e. The highest BCUT2D eigenvalue weighted by Crippen LogP contribution is 2.30. The molecule has 5 heterocycles. The fourth-order valence-corrected chi connectivity index (χ4v) is 5.88. The number of ether oxygens (including phenoxy) is 1. The lowest BCUT2D eigenvalue weighted by Gasteiger charge is -2.34. The minimum Gasteiger partial charge on any atom is -0.480 e. The number of halogens is 3. The van der Waals surface area contributed by atoms with Crippen molar-refractivity contribution < 1.29 is 22.7 Å². The number of alkyl halides is 3. The van der Waals surface area contributed by atoms with Crippen LogP contribution in [-0.2, 0) is 19.3 Å². The molecule has 0 N–H and O–H groups in total. The molecule has 4 aromatic rings. The Kier molecular flexibility index (Phi) is 8.31. The zero-order valence-electron chi connectivity index (χ0n) is 24.0. The molecule has 0 aliphatic carbocycles. The van der Waals surface area contributed by atoms with E-state index in [0.717, 1.165) is 61.4 Å². The van der Waals surface area contributed by atoms with Gasteiger partial charge in [0.25, 0.3) is 5.91 Å². The number of carbonyl (C=O) groups excluding carboxylic acids is 1. The largest absolute Gasteiger partial charge is 0.480 e. The predicted molar refractivity (Wildman–Crippen MR) is 154 cm³/mol. The first-order valence-corrected chi connectivity index (χ1v) is 14.5. The van der Waals surface area contributed by atoms with Gasteiger partial charge in [0.05, 0.1) is 36.3 Å². The molecule has 2 aliphatic rings. The van der Waals surface area contributed by atoms with Crippen LogP contribution >= 0.6 is 0 Å². The molecule has 12 heteroatoms. The van der Waals surface area contributed by atoms with Gasteiger partial charge in [-0.2, -0.15) is 18.3 Å². The van der Waals surface area contributed by atoms with Gasteiger partial charge in [-0.15, -0.1) is 0 Å². The summed E-state index contributed by atoms with van der Waals surface area (Å²) in [6, 6.07) is 11.4. The molecule has 3 aromatic heterocycles. The summed E-state index contributed by atoms with van der Waals surface area (Å²) in [5, 5.41) is 4.55. The van der Waals surface area contributed by atoms with Crippen molar-refractivity contribution >= 4 is 11.4 Å². The van der Waals surface area contributed by atoms with Crippen LogP contribution in [0, 0.1) is 0 Å². The van der Waals surface area contributed by atoms with Gasteiger partial charge in [-0.3, -0.25) is 19.6 Å². The number of amides is 1. The fraction of sp³-hybridized carbons (Fsp3) is 0.419. The van der Waals surface area contributed by atoms with Gasteiger partial charge in [-0.1, -0.05) is 12.1 Å². The minimum absolute atomic E-state index is 0.102. The monoisotopic (exact) mass is 593 g/mol. The zero-order valence-corrected chi connectivity index (χ0v) is 24.0. The Hall–Kier alpha value is -4.03. The molecule has 2 fully saturated rings. The Morgan fingerprint density at radius 3 is 2.28 bits per heavy atom. The fourth-order valence-electron chi connectivity index (χ4n) is 5.88. The van der Waals surface area contributed by atoms with Crippen molar-refractivity contribution in [1.29, 1.82) is 0 Å². The summed E-state index contributed by atoms with van der Waals surface area (Å²) >= 11 is 0. The third-order valence-corrected chi connectivity index (χ3v) is 8.39. The number of carbonyl (C=O) groups is 1. The predicted octanol–water partition coefficient (Wildman–Crippen LogP) is 4.49. The van der Waals surface area contributed by atoms with E-state index in [1.165, 1.54) is 17.7 Å². The van der Waals surface area contributed by atoms with Crippen molar-refractivity contribution in [1.82, 2.24) is 34.3 Å². The highest BCUT2D eigenvalue weighted by Gasteiger charge is 2.30. The van der Waals surface area contributed by atoms with E-state index in [4.69, 9.17) is 4.74 Å². The molecule has 6 rings (SSSR count). The lowest BCUT2D eigenvalue weighted by molar-refractivity contribution is -0.137. The molecule has 2 aliphatic heterocycles. The van der Waals surface area contributed by atoms with Crippen molar-refractivity contribution in [2.24, 2.45) is 0 Å². The number of aromatic nitrogens is 4. The van der Waals surface area contributed by atoms with E-state index < -0.39 is 11.7 Å². The van der Waals surface area contributed by atoms with Gasteiger partial charge in [0.15, 0.2) is 5.69 Å². The van der Waals surface area contributed by atoms with Crippen molar-refractivity contribution in [3.63, 3.8) is 0 Å². The number of hydrogen-bond donors (Lipinski definition) is 0. The second-order valence-corrected chi connectivity index (χ2v) is 11.2. The van der Waals surface area contributed by atoms with Gasteiger partial charge < -0.3 is 9.64 Å². The van der Waals surface area contributed by atoms with E-state index in [1.54, 1.807) is 28.9 Å². The van der Waals surface area contributed by atoms with Crippen molar-refractivity contribution in [2.45, 2.75) is 38.0 Å². The number of piperazine rings is 1. The zero-order chi connectivity index (χ0) is 30.0. The second-order valence-electron chi connectivity index (χ2n) is 11.2. The first-order valence-electron chi connectivity index (χ1n) is 14.5. The first kappa shape index (κ1) is 29.1. The number of hydrogen-bond acceptors (Lipinski definition) is 7. The standard InChI is InChI=1S/C31H34F3N7O2/c1-43-29-19-35-26(18-36-29)21-38-9-6-23(7-10-38)24-8-11-41-27(16-24)17-28(37-41)30(42)40-14-12-39(13-15-40)20-22-2-4-25(5-3-22)31(32,33)34/h2-5,8,11,16-19,23H,6-7,9-10,12-15,20-21H2,1H3. The van der Waals surface area contributed by atoms with E-state index in [1.807, 2.05) is 12.3 Å². The molecule has 0 unspecified atom stereocenters. The Morgan fingerprint density at radius 1 is 0.907 bits per heavy atom. The van der Waals surface area contributed by atoms with Crippen LogP contribution in [-0.4, -0.2) is 86.6 Å². The average Bonchev–Trinajstić information content (AvgIpc) is 3.45. The highest BCUT2D eigenvalue weighted by atomic mass is 19.4. The summed E-state index contributed by atoms with van der Waals surface area (Å²) in [6.45, 7) is 5.63. The molecular formula is C31H34F3N7O2.